The fourth-order valence-corrected chi connectivity index (χ4v) is 4.42. The third-order valence-electron chi connectivity index (χ3n) is 3.98. The highest BCUT2D eigenvalue weighted by Crippen LogP contribution is 2.29. The minimum Gasteiger partial charge on any atom is -0.383 e. The predicted octanol–water partition coefficient (Wildman–Crippen LogP) is 1.37. The van der Waals surface area contributed by atoms with Gasteiger partial charge in [0.2, 0.25) is 10.0 Å². The van der Waals surface area contributed by atoms with Crippen molar-refractivity contribution in [2.24, 2.45) is 0 Å². The van der Waals surface area contributed by atoms with Crippen LogP contribution in [-0.4, -0.2) is 54.8 Å². The molecule has 1 atom stereocenters. The predicted molar refractivity (Wildman–Crippen MR) is 81.8 cm³/mol. The van der Waals surface area contributed by atoms with Crippen molar-refractivity contribution in [1.29, 1.82) is 0 Å². The molecule has 0 spiro atoms. The SMILES string of the molecule is CCCS(=O)(=O)N1CCC(c2ncc(C)n2CCOC)C1. The number of aromatic nitrogens is 2. The first kappa shape index (κ1) is 16.5. The highest BCUT2D eigenvalue weighted by atomic mass is 32.2. The van der Waals surface area contributed by atoms with Gasteiger partial charge in [-0.05, 0) is 19.8 Å². The van der Waals surface area contributed by atoms with Gasteiger partial charge < -0.3 is 9.30 Å². The van der Waals surface area contributed by atoms with Crippen molar-refractivity contribution in [1.82, 2.24) is 13.9 Å². The van der Waals surface area contributed by atoms with Gasteiger partial charge in [0.1, 0.15) is 5.82 Å². The Kier molecular flexibility index (Phi) is 5.40. The molecule has 0 N–H and O–H groups in total. The molecule has 21 heavy (non-hydrogen) atoms. The highest BCUT2D eigenvalue weighted by molar-refractivity contribution is 7.89. The van der Waals surface area contributed by atoms with Crippen LogP contribution >= 0.6 is 0 Å². The quantitative estimate of drug-likeness (QED) is 0.762. The van der Waals surface area contributed by atoms with Gasteiger partial charge in [-0.25, -0.2) is 17.7 Å². The average Bonchev–Trinajstić information content (AvgIpc) is 3.03. The summed E-state index contributed by atoms with van der Waals surface area (Å²) in [6.07, 6.45) is 3.35. The summed E-state index contributed by atoms with van der Waals surface area (Å²) in [6, 6.07) is 0. The van der Waals surface area contributed by atoms with Crippen LogP contribution in [0.2, 0.25) is 0 Å². The van der Waals surface area contributed by atoms with Gasteiger partial charge in [-0.2, -0.15) is 0 Å². The molecule has 1 saturated heterocycles. The summed E-state index contributed by atoms with van der Waals surface area (Å²) in [7, 11) is -1.42. The third-order valence-corrected chi connectivity index (χ3v) is 6.02. The molecule has 0 saturated carbocycles. The first-order valence-electron chi connectivity index (χ1n) is 7.48. The molecule has 6 nitrogen and oxygen atoms in total. The molecule has 1 aromatic heterocycles. The van der Waals surface area contributed by atoms with Crippen LogP contribution in [-0.2, 0) is 21.3 Å². The van der Waals surface area contributed by atoms with E-state index in [9.17, 15) is 8.42 Å². The Morgan fingerprint density at radius 1 is 1.48 bits per heavy atom. The van der Waals surface area contributed by atoms with Crippen molar-refractivity contribution in [2.45, 2.75) is 39.2 Å². The Balaban J connectivity index is 2.11. The van der Waals surface area contributed by atoms with E-state index in [1.165, 1.54) is 0 Å². The maximum atomic E-state index is 12.2. The Hall–Kier alpha value is -0.920. The zero-order valence-corrected chi connectivity index (χ0v) is 13.9. The number of ether oxygens (including phenoxy) is 1. The lowest BCUT2D eigenvalue weighted by molar-refractivity contribution is 0.185. The molecule has 1 unspecified atom stereocenters. The van der Waals surface area contributed by atoms with E-state index in [2.05, 4.69) is 9.55 Å². The van der Waals surface area contributed by atoms with Crippen LogP contribution in [0.4, 0.5) is 0 Å². The van der Waals surface area contributed by atoms with Gasteiger partial charge in [0.15, 0.2) is 0 Å². The van der Waals surface area contributed by atoms with Crippen LogP contribution in [0.3, 0.4) is 0 Å². The lowest BCUT2D eigenvalue weighted by Gasteiger charge is -2.17. The van der Waals surface area contributed by atoms with E-state index in [1.807, 2.05) is 20.0 Å². The first-order chi connectivity index (χ1) is 9.99. The molecule has 7 heteroatoms. The second-order valence-electron chi connectivity index (χ2n) is 5.56. The van der Waals surface area contributed by atoms with Gasteiger partial charge in [-0.1, -0.05) is 6.92 Å². The van der Waals surface area contributed by atoms with E-state index >= 15 is 0 Å². The molecule has 1 aliphatic rings. The summed E-state index contributed by atoms with van der Waals surface area (Å²) in [4.78, 5) is 4.50. The van der Waals surface area contributed by atoms with Gasteiger partial charge >= 0.3 is 0 Å². The first-order valence-corrected chi connectivity index (χ1v) is 9.09. The van der Waals surface area contributed by atoms with Gasteiger partial charge in [0, 0.05) is 44.6 Å². The van der Waals surface area contributed by atoms with E-state index < -0.39 is 10.0 Å². The fraction of sp³-hybridized carbons (Fsp3) is 0.786. The normalized spacial score (nSPS) is 20.2. The molecule has 0 aliphatic carbocycles. The van der Waals surface area contributed by atoms with E-state index in [0.717, 1.165) is 24.5 Å². The van der Waals surface area contributed by atoms with Gasteiger partial charge in [0.25, 0.3) is 0 Å². The van der Waals surface area contributed by atoms with E-state index in [-0.39, 0.29) is 11.7 Å². The summed E-state index contributed by atoms with van der Waals surface area (Å²) in [6.45, 7) is 6.46. The number of imidazole rings is 1. The maximum Gasteiger partial charge on any atom is 0.214 e. The van der Waals surface area contributed by atoms with Crippen molar-refractivity contribution in [3.63, 3.8) is 0 Å². The number of sulfonamides is 1. The number of methoxy groups -OCH3 is 1. The highest BCUT2D eigenvalue weighted by Gasteiger charge is 2.33. The Morgan fingerprint density at radius 3 is 2.90 bits per heavy atom. The zero-order valence-electron chi connectivity index (χ0n) is 13.1. The molecular formula is C14H25N3O3S. The lowest BCUT2D eigenvalue weighted by atomic mass is 10.1. The van der Waals surface area contributed by atoms with Crippen molar-refractivity contribution in [3.8, 4) is 0 Å². The number of nitrogens with zero attached hydrogens (tertiary/aromatic N) is 3. The minimum atomic E-state index is -3.10. The Bertz CT molecular complexity index is 568. The van der Waals surface area contributed by atoms with Crippen LogP contribution in [0, 0.1) is 6.92 Å². The summed E-state index contributed by atoms with van der Waals surface area (Å²) < 4.78 is 33.2. The average molecular weight is 315 g/mol. The number of rotatable bonds is 7. The maximum absolute atomic E-state index is 12.2. The summed E-state index contributed by atoms with van der Waals surface area (Å²) >= 11 is 0. The van der Waals surface area contributed by atoms with Gasteiger partial charge in [-0.15, -0.1) is 0 Å². The Labute approximate surface area is 127 Å². The van der Waals surface area contributed by atoms with Crippen molar-refractivity contribution >= 4 is 10.0 Å². The number of hydrogen-bond donors (Lipinski definition) is 0. The fourth-order valence-electron chi connectivity index (χ4n) is 2.86. The summed E-state index contributed by atoms with van der Waals surface area (Å²) in [5, 5.41) is 0. The van der Waals surface area contributed by atoms with Gasteiger partial charge in [-0.3, -0.25) is 0 Å². The molecule has 0 radical (unpaired) electrons. The summed E-state index contributed by atoms with van der Waals surface area (Å²) in [5.41, 5.74) is 1.09. The molecule has 120 valence electrons. The van der Waals surface area contributed by atoms with Crippen LogP contribution in [0.25, 0.3) is 0 Å². The van der Waals surface area contributed by atoms with E-state index in [4.69, 9.17) is 4.74 Å². The smallest absolute Gasteiger partial charge is 0.214 e. The van der Waals surface area contributed by atoms with Crippen molar-refractivity contribution in [3.05, 3.63) is 17.7 Å². The zero-order chi connectivity index (χ0) is 15.5. The molecule has 0 aromatic carbocycles. The van der Waals surface area contributed by atoms with Gasteiger partial charge in [0.05, 0.1) is 12.4 Å². The van der Waals surface area contributed by atoms with Crippen molar-refractivity contribution in [2.75, 3.05) is 32.6 Å². The van der Waals surface area contributed by atoms with Crippen molar-refractivity contribution < 1.29 is 13.2 Å². The molecule has 1 aliphatic heterocycles. The third kappa shape index (κ3) is 3.64. The monoisotopic (exact) mass is 315 g/mol. The molecular weight excluding hydrogens is 290 g/mol. The minimum absolute atomic E-state index is 0.183. The van der Waals surface area contributed by atoms with Crippen LogP contribution < -0.4 is 0 Å². The van der Waals surface area contributed by atoms with Crippen LogP contribution in [0.15, 0.2) is 6.20 Å². The summed E-state index contributed by atoms with van der Waals surface area (Å²) in [5.74, 6) is 1.40. The molecule has 1 fully saturated rings. The van der Waals surface area contributed by atoms with E-state index in [1.54, 1.807) is 11.4 Å². The second-order valence-corrected chi connectivity index (χ2v) is 7.65. The molecule has 0 amide bonds. The Morgan fingerprint density at radius 2 is 2.24 bits per heavy atom. The molecule has 0 bridgehead atoms. The second kappa shape index (κ2) is 6.89. The van der Waals surface area contributed by atoms with Crippen LogP contribution in [0.5, 0.6) is 0 Å². The number of hydrogen-bond acceptors (Lipinski definition) is 4. The van der Waals surface area contributed by atoms with E-state index in [0.29, 0.717) is 26.1 Å². The molecule has 1 aromatic rings. The molecule has 2 rings (SSSR count). The standard InChI is InChI=1S/C14H25N3O3S/c1-4-9-21(18,19)16-6-5-13(11-16)14-15-10-12(2)17(14)7-8-20-3/h10,13H,4-9,11H2,1-3H3. The molecule has 2 heterocycles. The topological polar surface area (TPSA) is 64.4 Å². The number of aryl methyl sites for hydroxylation is 1. The largest absolute Gasteiger partial charge is 0.383 e. The lowest BCUT2D eigenvalue weighted by Crippen LogP contribution is -2.31. The van der Waals surface area contributed by atoms with Crippen LogP contribution in [0.1, 0.15) is 37.2 Å².